The topological polar surface area (TPSA) is 76.4 Å². The zero-order chi connectivity index (χ0) is 18.5. The van der Waals surface area contributed by atoms with Gasteiger partial charge >= 0.3 is 0 Å². The van der Waals surface area contributed by atoms with Crippen LogP contribution in [0.2, 0.25) is 0 Å². The highest BCUT2D eigenvalue weighted by molar-refractivity contribution is 5.80. The molecular weight excluding hydrogens is 328 g/mol. The Morgan fingerprint density at radius 2 is 2.19 bits per heavy atom. The Balaban J connectivity index is 1.55. The second-order valence-corrected chi connectivity index (χ2v) is 6.73. The molecule has 1 aromatic carbocycles. The summed E-state index contributed by atoms with van der Waals surface area (Å²) >= 11 is 0. The molecule has 7 nitrogen and oxygen atoms in total. The molecule has 3 rings (SSSR count). The summed E-state index contributed by atoms with van der Waals surface area (Å²) in [5.74, 6) is 3.47. The summed E-state index contributed by atoms with van der Waals surface area (Å²) in [4.78, 5) is 8.90. The first-order valence-electron chi connectivity index (χ1n) is 9.17. The Morgan fingerprint density at radius 3 is 2.96 bits per heavy atom. The highest BCUT2D eigenvalue weighted by Gasteiger charge is 2.24. The average Bonchev–Trinajstić information content (AvgIpc) is 3.01. The molecule has 0 bridgehead atoms. The SMILES string of the molecule is CN=C(NCC(C)Oc1ccccc1C)NC1CCCn2nc(C)nc21. The van der Waals surface area contributed by atoms with Crippen molar-refractivity contribution in [3.8, 4) is 5.75 Å². The lowest BCUT2D eigenvalue weighted by Crippen LogP contribution is -2.44. The Hall–Kier alpha value is -2.57. The number of nitrogens with one attached hydrogen (secondary N) is 2. The van der Waals surface area contributed by atoms with Crippen LogP contribution in [-0.4, -0.2) is 40.4 Å². The molecule has 26 heavy (non-hydrogen) atoms. The summed E-state index contributed by atoms with van der Waals surface area (Å²) in [6.45, 7) is 7.62. The van der Waals surface area contributed by atoms with E-state index in [9.17, 15) is 0 Å². The van der Waals surface area contributed by atoms with Crippen LogP contribution in [0.1, 0.15) is 43.0 Å². The van der Waals surface area contributed by atoms with Crippen molar-refractivity contribution in [2.24, 2.45) is 4.99 Å². The monoisotopic (exact) mass is 356 g/mol. The van der Waals surface area contributed by atoms with E-state index in [-0.39, 0.29) is 12.1 Å². The summed E-state index contributed by atoms with van der Waals surface area (Å²) in [7, 11) is 1.78. The fourth-order valence-corrected chi connectivity index (χ4v) is 3.15. The van der Waals surface area contributed by atoms with Crippen LogP contribution >= 0.6 is 0 Å². The molecule has 2 aromatic rings. The van der Waals surface area contributed by atoms with Crippen LogP contribution in [0.3, 0.4) is 0 Å². The number of guanidine groups is 1. The molecule has 140 valence electrons. The van der Waals surface area contributed by atoms with Crippen molar-refractivity contribution < 1.29 is 4.74 Å². The minimum atomic E-state index is 0.0203. The molecule has 0 spiro atoms. The second kappa shape index (κ2) is 8.21. The molecule has 0 fully saturated rings. The van der Waals surface area contributed by atoms with Crippen molar-refractivity contribution in [2.45, 2.75) is 52.3 Å². The fraction of sp³-hybridized carbons (Fsp3) is 0.526. The predicted octanol–water partition coefficient (Wildman–Crippen LogP) is 2.36. The third-order valence-electron chi connectivity index (χ3n) is 4.49. The Labute approximate surface area is 154 Å². The minimum Gasteiger partial charge on any atom is -0.489 e. The van der Waals surface area contributed by atoms with E-state index in [0.29, 0.717) is 6.54 Å². The van der Waals surface area contributed by atoms with Crippen molar-refractivity contribution in [3.05, 3.63) is 41.5 Å². The normalized spacial score (nSPS) is 18.2. The number of nitrogens with zero attached hydrogens (tertiary/aromatic N) is 4. The largest absolute Gasteiger partial charge is 0.489 e. The molecular formula is C19H28N6O. The molecule has 2 heterocycles. The lowest BCUT2D eigenvalue weighted by molar-refractivity contribution is 0.222. The van der Waals surface area contributed by atoms with Crippen LogP contribution < -0.4 is 15.4 Å². The summed E-state index contributed by atoms with van der Waals surface area (Å²) in [6, 6.07) is 8.18. The predicted molar refractivity (Wildman–Crippen MR) is 103 cm³/mol. The molecule has 2 N–H and O–H groups in total. The maximum atomic E-state index is 6.02. The number of ether oxygens (including phenoxy) is 1. The molecule has 0 saturated heterocycles. The van der Waals surface area contributed by atoms with Crippen molar-refractivity contribution in [3.63, 3.8) is 0 Å². The Kier molecular flexibility index (Phi) is 5.75. The highest BCUT2D eigenvalue weighted by atomic mass is 16.5. The van der Waals surface area contributed by atoms with E-state index in [2.05, 4.69) is 38.7 Å². The molecule has 1 aliphatic rings. The highest BCUT2D eigenvalue weighted by Crippen LogP contribution is 2.22. The van der Waals surface area contributed by atoms with E-state index >= 15 is 0 Å². The van der Waals surface area contributed by atoms with Gasteiger partial charge in [-0.1, -0.05) is 18.2 Å². The van der Waals surface area contributed by atoms with Gasteiger partial charge in [-0.2, -0.15) is 5.10 Å². The van der Waals surface area contributed by atoms with Gasteiger partial charge in [0.05, 0.1) is 12.6 Å². The van der Waals surface area contributed by atoms with Gasteiger partial charge in [0, 0.05) is 13.6 Å². The van der Waals surface area contributed by atoms with Gasteiger partial charge in [0.1, 0.15) is 23.5 Å². The Bertz CT molecular complexity index is 769. The first-order valence-corrected chi connectivity index (χ1v) is 9.17. The van der Waals surface area contributed by atoms with Gasteiger partial charge in [0.15, 0.2) is 5.96 Å². The van der Waals surface area contributed by atoms with Gasteiger partial charge in [0.2, 0.25) is 0 Å². The zero-order valence-corrected chi connectivity index (χ0v) is 16.0. The van der Waals surface area contributed by atoms with Crippen LogP contribution in [0.15, 0.2) is 29.3 Å². The zero-order valence-electron chi connectivity index (χ0n) is 16.0. The smallest absolute Gasteiger partial charge is 0.191 e. The molecule has 0 aliphatic carbocycles. The third-order valence-corrected chi connectivity index (χ3v) is 4.49. The van der Waals surface area contributed by atoms with Crippen molar-refractivity contribution in [1.29, 1.82) is 0 Å². The van der Waals surface area contributed by atoms with Crippen LogP contribution in [0, 0.1) is 13.8 Å². The molecule has 0 saturated carbocycles. The van der Waals surface area contributed by atoms with Crippen molar-refractivity contribution >= 4 is 5.96 Å². The maximum absolute atomic E-state index is 6.02. The number of aromatic nitrogens is 3. The summed E-state index contributed by atoms with van der Waals surface area (Å²) in [5.41, 5.74) is 1.14. The van der Waals surface area contributed by atoms with E-state index in [4.69, 9.17) is 4.74 Å². The quantitative estimate of drug-likeness (QED) is 0.635. The molecule has 1 aromatic heterocycles. The number of fused-ring (bicyclic) bond motifs is 1. The van der Waals surface area contributed by atoms with Gasteiger partial charge < -0.3 is 15.4 Å². The molecule has 0 amide bonds. The first kappa shape index (κ1) is 18.2. The van der Waals surface area contributed by atoms with E-state index in [0.717, 1.165) is 48.3 Å². The fourth-order valence-electron chi connectivity index (χ4n) is 3.15. The second-order valence-electron chi connectivity index (χ2n) is 6.73. The number of aryl methyl sites for hydroxylation is 3. The van der Waals surface area contributed by atoms with Gasteiger partial charge in [0.25, 0.3) is 0 Å². The average molecular weight is 356 g/mol. The molecule has 2 unspecified atom stereocenters. The van der Waals surface area contributed by atoms with E-state index in [1.165, 1.54) is 0 Å². The van der Waals surface area contributed by atoms with Crippen LogP contribution in [0.25, 0.3) is 0 Å². The minimum absolute atomic E-state index is 0.0203. The van der Waals surface area contributed by atoms with Crippen molar-refractivity contribution in [2.75, 3.05) is 13.6 Å². The number of benzene rings is 1. The van der Waals surface area contributed by atoms with Gasteiger partial charge in [-0.25, -0.2) is 9.67 Å². The Morgan fingerprint density at radius 1 is 1.38 bits per heavy atom. The molecule has 2 atom stereocenters. The molecule has 7 heteroatoms. The van der Waals surface area contributed by atoms with E-state index < -0.39 is 0 Å². The maximum Gasteiger partial charge on any atom is 0.191 e. The van der Waals surface area contributed by atoms with Crippen molar-refractivity contribution in [1.82, 2.24) is 25.4 Å². The number of aliphatic imine (C=N–C) groups is 1. The van der Waals surface area contributed by atoms with E-state index in [1.54, 1.807) is 7.05 Å². The van der Waals surface area contributed by atoms with Gasteiger partial charge in [-0.15, -0.1) is 0 Å². The summed E-state index contributed by atoms with van der Waals surface area (Å²) in [5, 5.41) is 11.3. The van der Waals surface area contributed by atoms with Gasteiger partial charge in [-0.05, 0) is 45.2 Å². The first-order chi connectivity index (χ1) is 12.6. The third kappa shape index (κ3) is 4.33. The van der Waals surface area contributed by atoms with E-state index in [1.807, 2.05) is 36.7 Å². The van der Waals surface area contributed by atoms with Crippen LogP contribution in [-0.2, 0) is 6.54 Å². The molecule has 0 radical (unpaired) electrons. The lowest BCUT2D eigenvalue weighted by atomic mass is 10.1. The number of rotatable bonds is 5. The van der Waals surface area contributed by atoms with Gasteiger partial charge in [-0.3, -0.25) is 4.99 Å². The number of hydrogen-bond donors (Lipinski definition) is 2. The standard InChI is InChI=1S/C19H28N6O/c1-13-8-5-6-10-17(13)26-14(2)12-21-19(20-4)23-16-9-7-11-25-18(16)22-15(3)24-25/h5-6,8,10,14,16H,7,9,11-12H2,1-4H3,(H2,20,21,23). The summed E-state index contributed by atoms with van der Waals surface area (Å²) in [6.07, 6.45) is 2.12. The molecule has 1 aliphatic heterocycles. The summed E-state index contributed by atoms with van der Waals surface area (Å²) < 4.78 is 8.01. The van der Waals surface area contributed by atoms with Crippen LogP contribution in [0.4, 0.5) is 0 Å². The van der Waals surface area contributed by atoms with Crippen LogP contribution in [0.5, 0.6) is 5.75 Å². The number of para-hydroxylation sites is 1. The lowest BCUT2D eigenvalue weighted by Gasteiger charge is -2.25. The number of hydrogen-bond acceptors (Lipinski definition) is 4.